The largest absolute Gasteiger partial charge is 0.497 e. The van der Waals surface area contributed by atoms with Crippen molar-refractivity contribution in [2.75, 3.05) is 43.5 Å². The fourth-order valence-corrected chi connectivity index (χ4v) is 4.59. The van der Waals surface area contributed by atoms with Gasteiger partial charge < -0.3 is 19.9 Å². The van der Waals surface area contributed by atoms with Gasteiger partial charge in [-0.1, -0.05) is 18.2 Å². The minimum atomic E-state index is -0.315. The summed E-state index contributed by atoms with van der Waals surface area (Å²) in [5.41, 5.74) is 2.74. The highest BCUT2D eigenvalue weighted by Crippen LogP contribution is 2.21. The number of hydrogen-bond acceptors (Lipinski definition) is 6. The van der Waals surface area contributed by atoms with Crippen molar-refractivity contribution in [2.45, 2.75) is 0 Å². The molecule has 7 nitrogen and oxygen atoms in total. The fourth-order valence-electron chi connectivity index (χ4n) is 3.68. The maximum absolute atomic E-state index is 12.5. The molecule has 1 aromatic heterocycles. The highest BCUT2D eigenvalue weighted by Gasteiger charge is 2.22. The molecule has 2 heterocycles. The number of thiocarbonyl (C=S) groups is 1. The van der Waals surface area contributed by atoms with Crippen molar-refractivity contribution in [3.63, 3.8) is 0 Å². The second-order valence-corrected chi connectivity index (χ2v) is 9.21. The number of ether oxygens (including phenoxy) is 1. The Morgan fingerprint density at radius 2 is 1.71 bits per heavy atom. The molecule has 2 N–H and O–H groups in total. The Bertz CT molecular complexity index is 1180. The Morgan fingerprint density at radius 3 is 2.34 bits per heavy atom. The number of nitrogens with zero attached hydrogens (tertiary/aromatic N) is 2. The predicted octanol–water partition coefficient (Wildman–Crippen LogP) is 4.25. The van der Waals surface area contributed by atoms with Gasteiger partial charge in [0.25, 0.3) is 5.91 Å². The number of nitrogens with one attached hydrogen (secondary N) is 2. The van der Waals surface area contributed by atoms with E-state index in [1.807, 2.05) is 70.9 Å². The average molecular weight is 507 g/mol. The second kappa shape index (κ2) is 11.6. The van der Waals surface area contributed by atoms with Crippen LogP contribution in [0, 0.1) is 0 Å². The van der Waals surface area contributed by atoms with E-state index in [0.29, 0.717) is 13.1 Å². The van der Waals surface area contributed by atoms with Crippen molar-refractivity contribution in [1.29, 1.82) is 0 Å². The smallest absolute Gasteiger partial charge is 0.264 e. The van der Waals surface area contributed by atoms with Crippen molar-refractivity contribution in [1.82, 2.24) is 10.2 Å². The maximum Gasteiger partial charge on any atom is 0.264 e. The van der Waals surface area contributed by atoms with Crippen LogP contribution in [0.25, 0.3) is 6.08 Å². The topological polar surface area (TPSA) is 73.9 Å². The molecular weight excluding hydrogens is 480 g/mol. The number of anilines is 2. The minimum Gasteiger partial charge on any atom is -0.497 e. The van der Waals surface area contributed by atoms with E-state index in [9.17, 15) is 9.59 Å². The third-order valence-electron chi connectivity index (χ3n) is 5.57. The first-order chi connectivity index (χ1) is 17.0. The summed E-state index contributed by atoms with van der Waals surface area (Å²) in [4.78, 5) is 29.6. The maximum atomic E-state index is 12.5. The van der Waals surface area contributed by atoms with Crippen LogP contribution in [0.15, 0.2) is 72.1 Å². The molecule has 3 aromatic rings. The number of thiophene rings is 1. The highest BCUT2D eigenvalue weighted by molar-refractivity contribution is 7.80. The summed E-state index contributed by atoms with van der Waals surface area (Å²) in [7, 11) is 1.61. The molecule has 9 heteroatoms. The van der Waals surface area contributed by atoms with Gasteiger partial charge in [-0.3, -0.25) is 14.9 Å². The van der Waals surface area contributed by atoms with Gasteiger partial charge in [0.1, 0.15) is 5.75 Å². The fraction of sp³-hybridized carbons (Fsp3) is 0.192. The molecule has 0 aliphatic carbocycles. The van der Waals surface area contributed by atoms with E-state index >= 15 is 0 Å². The van der Waals surface area contributed by atoms with Gasteiger partial charge in [0.2, 0.25) is 5.91 Å². The average Bonchev–Trinajstić information content (AvgIpc) is 3.43. The standard InChI is InChI=1S/C26H26N4O3S2/c1-33-22-11-4-19(5-12-22)6-13-24(31)28-26(34)27-20-7-9-21(10-8-20)29-14-16-30(17-15-29)25(32)23-3-2-18-35-23/h2-13,18H,14-17H2,1H3,(H2,27,28,31,34)/b13-6+. The summed E-state index contributed by atoms with van der Waals surface area (Å²) in [5.74, 6) is 0.549. The molecule has 0 atom stereocenters. The van der Waals surface area contributed by atoms with Crippen molar-refractivity contribution in [2.24, 2.45) is 0 Å². The third-order valence-corrected chi connectivity index (χ3v) is 6.63. The van der Waals surface area contributed by atoms with E-state index in [-0.39, 0.29) is 16.9 Å². The van der Waals surface area contributed by atoms with E-state index < -0.39 is 0 Å². The molecule has 1 saturated heterocycles. The van der Waals surface area contributed by atoms with Gasteiger partial charge in [-0.25, -0.2) is 0 Å². The SMILES string of the molecule is COc1ccc(/C=C/C(=O)NC(=S)Nc2ccc(N3CCN(C(=O)c4cccs4)CC3)cc2)cc1. The zero-order valence-electron chi connectivity index (χ0n) is 19.3. The molecule has 180 valence electrons. The normalized spacial score (nSPS) is 13.5. The van der Waals surface area contributed by atoms with Gasteiger partial charge >= 0.3 is 0 Å². The lowest BCUT2D eigenvalue weighted by molar-refractivity contribution is -0.115. The molecule has 0 radical (unpaired) electrons. The Morgan fingerprint density at radius 1 is 1.00 bits per heavy atom. The third kappa shape index (κ3) is 6.68. The van der Waals surface area contributed by atoms with Crippen LogP contribution in [0.4, 0.5) is 11.4 Å². The van der Waals surface area contributed by atoms with Crippen LogP contribution in [-0.4, -0.2) is 55.1 Å². The van der Waals surface area contributed by atoms with Gasteiger partial charge in [0.15, 0.2) is 5.11 Å². The van der Waals surface area contributed by atoms with Crippen molar-refractivity contribution >= 4 is 57.9 Å². The van der Waals surface area contributed by atoms with Crippen molar-refractivity contribution < 1.29 is 14.3 Å². The number of hydrogen-bond donors (Lipinski definition) is 2. The Kier molecular flexibility index (Phi) is 8.12. The molecule has 2 aromatic carbocycles. The minimum absolute atomic E-state index is 0.105. The number of carbonyl (C=O) groups is 2. The van der Waals surface area contributed by atoms with Crippen LogP contribution in [0.5, 0.6) is 5.75 Å². The van der Waals surface area contributed by atoms with E-state index in [0.717, 1.165) is 40.7 Å². The zero-order valence-corrected chi connectivity index (χ0v) is 20.9. The molecule has 0 spiro atoms. The molecule has 35 heavy (non-hydrogen) atoms. The lowest BCUT2D eigenvalue weighted by atomic mass is 10.2. The number of rotatable bonds is 6. The summed E-state index contributed by atoms with van der Waals surface area (Å²) in [6.45, 7) is 2.94. The first kappa shape index (κ1) is 24.4. The Labute approximate surface area is 214 Å². The molecule has 0 saturated carbocycles. The molecule has 1 aliphatic heterocycles. The number of amides is 2. The molecule has 0 bridgehead atoms. The molecule has 2 amide bonds. The summed E-state index contributed by atoms with van der Waals surface area (Å²) >= 11 is 6.74. The molecule has 1 fully saturated rings. The van der Waals surface area contributed by atoms with E-state index in [1.54, 1.807) is 13.2 Å². The highest BCUT2D eigenvalue weighted by atomic mass is 32.1. The zero-order chi connectivity index (χ0) is 24.6. The van der Waals surface area contributed by atoms with Crippen LogP contribution in [-0.2, 0) is 4.79 Å². The van der Waals surface area contributed by atoms with Crippen molar-refractivity contribution in [3.05, 3.63) is 82.6 Å². The molecular formula is C26H26N4O3S2. The van der Waals surface area contributed by atoms with Crippen molar-refractivity contribution in [3.8, 4) is 5.75 Å². The number of carbonyl (C=O) groups excluding carboxylic acids is 2. The summed E-state index contributed by atoms with van der Waals surface area (Å²) < 4.78 is 5.13. The first-order valence-electron chi connectivity index (χ1n) is 11.1. The monoisotopic (exact) mass is 506 g/mol. The van der Waals surface area contributed by atoms with E-state index in [2.05, 4.69) is 15.5 Å². The number of benzene rings is 2. The van der Waals surface area contributed by atoms with Crippen LogP contribution in [0.3, 0.4) is 0 Å². The second-order valence-electron chi connectivity index (χ2n) is 7.85. The summed E-state index contributed by atoms with van der Waals surface area (Å²) in [6.07, 6.45) is 3.14. The number of piperazine rings is 1. The van der Waals surface area contributed by atoms with Crippen LogP contribution >= 0.6 is 23.6 Å². The Balaban J connectivity index is 1.23. The predicted molar refractivity (Wildman–Crippen MR) is 145 cm³/mol. The van der Waals surface area contributed by atoms with Gasteiger partial charge in [0.05, 0.1) is 12.0 Å². The lowest BCUT2D eigenvalue weighted by Crippen LogP contribution is -2.48. The Hall–Kier alpha value is -3.69. The van der Waals surface area contributed by atoms with Crippen LogP contribution < -0.4 is 20.3 Å². The quantitative estimate of drug-likeness (QED) is 0.385. The van der Waals surface area contributed by atoms with Crippen LogP contribution in [0.2, 0.25) is 0 Å². The number of methoxy groups -OCH3 is 1. The van der Waals surface area contributed by atoms with Gasteiger partial charge in [-0.15, -0.1) is 11.3 Å². The molecule has 0 unspecified atom stereocenters. The van der Waals surface area contributed by atoms with Gasteiger partial charge in [-0.05, 0) is 71.7 Å². The lowest BCUT2D eigenvalue weighted by Gasteiger charge is -2.36. The van der Waals surface area contributed by atoms with E-state index in [1.165, 1.54) is 17.4 Å². The molecule has 4 rings (SSSR count). The molecule has 1 aliphatic rings. The van der Waals surface area contributed by atoms with E-state index in [4.69, 9.17) is 17.0 Å². The van der Waals surface area contributed by atoms with Gasteiger partial charge in [-0.2, -0.15) is 0 Å². The summed E-state index contributed by atoms with van der Waals surface area (Å²) in [6, 6.07) is 19.0. The van der Waals surface area contributed by atoms with Crippen LogP contribution in [0.1, 0.15) is 15.2 Å². The van der Waals surface area contributed by atoms with Gasteiger partial charge in [0, 0.05) is 43.6 Å². The summed E-state index contributed by atoms with van der Waals surface area (Å²) in [5, 5.41) is 7.83. The first-order valence-corrected chi connectivity index (χ1v) is 12.4.